The first-order chi connectivity index (χ1) is 6.72. The Kier molecular flexibility index (Phi) is 2.33. The van der Waals surface area contributed by atoms with E-state index in [-0.39, 0.29) is 6.09 Å². The molecular formula is C10H10ClNO2. The number of benzene rings is 1. The summed E-state index contributed by atoms with van der Waals surface area (Å²) in [7, 11) is 1.39. The van der Waals surface area contributed by atoms with E-state index in [4.69, 9.17) is 11.6 Å². The van der Waals surface area contributed by atoms with Crippen LogP contribution < -0.4 is 4.90 Å². The van der Waals surface area contributed by atoms with Gasteiger partial charge in [0.2, 0.25) is 0 Å². The molecule has 0 unspecified atom stereocenters. The molecule has 0 radical (unpaired) electrons. The van der Waals surface area contributed by atoms with Crippen molar-refractivity contribution in [3.63, 3.8) is 0 Å². The number of rotatable bonds is 0. The van der Waals surface area contributed by atoms with E-state index < -0.39 is 0 Å². The maximum atomic E-state index is 11.3. The van der Waals surface area contributed by atoms with Crippen molar-refractivity contribution >= 4 is 23.4 Å². The van der Waals surface area contributed by atoms with E-state index in [1.54, 1.807) is 11.0 Å². The minimum Gasteiger partial charge on any atom is -0.452 e. The molecule has 0 aromatic heterocycles. The molecule has 2 rings (SSSR count). The molecule has 1 aliphatic heterocycles. The number of fused-ring (bicyclic) bond motifs is 1. The monoisotopic (exact) mass is 211 g/mol. The van der Waals surface area contributed by atoms with Gasteiger partial charge in [-0.15, -0.1) is 0 Å². The summed E-state index contributed by atoms with van der Waals surface area (Å²) >= 11 is 5.85. The fourth-order valence-electron chi connectivity index (χ4n) is 1.67. The van der Waals surface area contributed by atoms with Gasteiger partial charge in [0.1, 0.15) is 0 Å². The molecule has 0 fully saturated rings. The third-order valence-corrected chi connectivity index (χ3v) is 2.57. The summed E-state index contributed by atoms with van der Waals surface area (Å²) in [5.41, 5.74) is 2.00. The highest BCUT2D eigenvalue weighted by molar-refractivity contribution is 6.30. The number of nitrogens with zero attached hydrogens (tertiary/aromatic N) is 1. The van der Waals surface area contributed by atoms with Gasteiger partial charge in [-0.2, -0.15) is 0 Å². The van der Waals surface area contributed by atoms with Crippen LogP contribution in [0.25, 0.3) is 0 Å². The maximum absolute atomic E-state index is 11.3. The standard InChI is InChI=1S/C10H10ClNO2/c1-14-10(13)12-5-4-7-6-8(11)2-3-9(7)12/h2-3,6H,4-5H2,1H3. The lowest BCUT2D eigenvalue weighted by Crippen LogP contribution is -2.28. The number of amides is 1. The summed E-state index contributed by atoms with van der Waals surface area (Å²) in [6.45, 7) is 0.669. The molecule has 0 N–H and O–H groups in total. The molecule has 0 bridgehead atoms. The van der Waals surface area contributed by atoms with Gasteiger partial charge < -0.3 is 4.74 Å². The van der Waals surface area contributed by atoms with Crippen LogP contribution in [0, 0.1) is 0 Å². The summed E-state index contributed by atoms with van der Waals surface area (Å²) in [5, 5.41) is 0.704. The summed E-state index contributed by atoms with van der Waals surface area (Å²) in [5.74, 6) is 0. The van der Waals surface area contributed by atoms with E-state index in [2.05, 4.69) is 4.74 Å². The highest BCUT2D eigenvalue weighted by Gasteiger charge is 2.24. The van der Waals surface area contributed by atoms with Gasteiger partial charge in [-0.05, 0) is 30.2 Å². The Bertz CT molecular complexity index is 378. The van der Waals surface area contributed by atoms with Crippen molar-refractivity contribution in [3.05, 3.63) is 28.8 Å². The third kappa shape index (κ3) is 1.44. The molecular weight excluding hydrogens is 202 g/mol. The Hall–Kier alpha value is -1.22. The van der Waals surface area contributed by atoms with Crippen LogP contribution in [0.5, 0.6) is 0 Å². The lowest BCUT2D eigenvalue weighted by atomic mass is 10.2. The zero-order valence-corrected chi connectivity index (χ0v) is 8.54. The van der Waals surface area contributed by atoms with Gasteiger partial charge in [-0.3, -0.25) is 4.90 Å². The Morgan fingerprint density at radius 2 is 2.36 bits per heavy atom. The summed E-state index contributed by atoms with van der Waals surface area (Å²) in [4.78, 5) is 12.9. The molecule has 74 valence electrons. The van der Waals surface area contributed by atoms with E-state index >= 15 is 0 Å². The third-order valence-electron chi connectivity index (χ3n) is 2.33. The van der Waals surface area contributed by atoms with Crippen LogP contribution in [-0.4, -0.2) is 19.7 Å². The first-order valence-electron chi connectivity index (χ1n) is 4.36. The minimum absolute atomic E-state index is 0.314. The van der Waals surface area contributed by atoms with Crippen LogP contribution in [0.1, 0.15) is 5.56 Å². The molecule has 4 heteroatoms. The fraction of sp³-hybridized carbons (Fsp3) is 0.300. The van der Waals surface area contributed by atoms with Crippen LogP contribution in [0.4, 0.5) is 10.5 Å². The number of hydrogen-bond acceptors (Lipinski definition) is 2. The molecule has 0 spiro atoms. The number of carbonyl (C=O) groups is 1. The second-order valence-corrected chi connectivity index (χ2v) is 3.58. The number of halogens is 1. The quantitative estimate of drug-likeness (QED) is 0.660. The van der Waals surface area contributed by atoms with Gasteiger partial charge in [0.25, 0.3) is 0 Å². The van der Waals surface area contributed by atoms with Gasteiger partial charge in [0, 0.05) is 11.6 Å². The average Bonchev–Trinajstić information content (AvgIpc) is 2.59. The van der Waals surface area contributed by atoms with Gasteiger partial charge >= 0.3 is 6.09 Å². The largest absolute Gasteiger partial charge is 0.452 e. The Balaban J connectivity index is 2.35. The zero-order valence-electron chi connectivity index (χ0n) is 7.79. The second kappa shape index (κ2) is 3.50. The van der Waals surface area contributed by atoms with Crippen molar-refractivity contribution in [1.29, 1.82) is 0 Å². The number of ether oxygens (including phenoxy) is 1. The van der Waals surface area contributed by atoms with Gasteiger partial charge in [0.05, 0.1) is 12.8 Å². The molecule has 0 atom stereocenters. The average molecular weight is 212 g/mol. The Morgan fingerprint density at radius 3 is 3.07 bits per heavy atom. The van der Waals surface area contributed by atoms with E-state index in [1.807, 2.05) is 12.1 Å². The molecule has 1 aliphatic rings. The van der Waals surface area contributed by atoms with Crippen molar-refractivity contribution in [2.75, 3.05) is 18.6 Å². The smallest absolute Gasteiger partial charge is 0.414 e. The van der Waals surface area contributed by atoms with Crippen molar-refractivity contribution in [2.24, 2.45) is 0 Å². The van der Waals surface area contributed by atoms with Crippen LogP contribution in [0.2, 0.25) is 5.02 Å². The second-order valence-electron chi connectivity index (χ2n) is 3.14. The summed E-state index contributed by atoms with van der Waals surface area (Å²) in [6, 6.07) is 5.52. The van der Waals surface area contributed by atoms with E-state index in [0.717, 1.165) is 17.7 Å². The normalized spacial score (nSPS) is 14.0. The highest BCUT2D eigenvalue weighted by Crippen LogP contribution is 2.30. The molecule has 1 aromatic carbocycles. The Labute approximate surface area is 87.2 Å². The van der Waals surface area contributed by atoms with Gasteiger partial charge in [0.15, 0.2) is 0 Å². The van der Waals surface area contributed by atoms with Crippen molar-refractivity contribution in [3.8, 4) is 0 Å². The molecule has 0 aliphatic carbocycles. The molecule has 1 amide bonds. The number of anilines is 1. The first kappa shape index (κ1) is 9.34. The van der Waals surface area contributed by atoms with Crippen LogP contribution in [-0.2, 0) is 11.2 Å². The predicted octanol–water partition coefficient (Wildman–Crippen LogP) is 2.47. The number of carbonyl (C=O) groups excluding carboxylic acids is 1. The zero-order chi connectivity index (χ0) is 10.1. The van der Waals surface area contributed by atoms with E-state index in [0.29, 0.717) is 11.6 Å². The van der Waals surface area contributed by atoms with Crippen LogP contribution in [0.15, 0.2) is 18.2 Å². The molecule has 1 heterocycles. The first-order valence-corrected chi connectivity index (χ1v) is 4.74. The molecule has 3 nitrogen and oxygen atoms in total. The van der Waals surface area contributed by atoms with Gasteiger partial charge in [-0.1, -0.05) is 11.6 Å². The number of methoxy groups -OCH3 is 1. The maximum Gasteiger partial charge on any atom is 0.414 e. The topological polar surface area (TPSA) is 29.5 Å². The Morgan fingerprint density at radius 1 is 1.57 bits per heavy atom. The minimum atomic E-state index is -0.314. The lowest BCUT2D eigenvalue weighted by molar-refractivity contribution is 0.179. The van der Waals surface area contributed by atoms with Crippen molar-refractivity contribution in [2.45, 2.75) is 6.42 Å². The summed E-state index contributed by atoms with van der Waals surface area (Å²) in [6.07, 6.45) is 0.524. The van der Waals surface area contributed by atoms with E-state index in [1.165, 1.54) is 7.11 Å². The van der Waals surface area contributed by atoms with E-state index in [9.17, 15) is 4.79 Å². The van der Waals surface area contributed by atoms with Crippen LogP contribution in [0.3, 0.4) is 0 Å². The fourth-order valence-corrected chi connectivity index (χ4v) is 1.86. The predicted molar refractivity (Wildman–Crippen MR) is 54.9 cm³/mol. The summed E-state index contributed by atoms with van der Waals surface area (Å²) < 4.78 is 4.68. The SMILES string of the molecule is COC(=O)N1CCc2cc(Cl)ccc21. The highest BCUT2D eigenvalue weighted by atomic mass is 35.5. The molecule has 0 saturated carbocycles. The van der Waals surface area contributed by atoms with Crippen molar-refractivity contribution in [1.82, 2.24) is 0 Å². The number of hydrogen-bond donors (Lipinski definition) is 0. The van der Waals surface area contributed by atoms with Gasteiger partial charge in [-0.25, -0.2) is 4.79 Å². The van der Waals surface area contributed by atoms with Crippen molar-refractivity contribution < 1.29 is 9.53 Å². The molecule has 0 saturated heterocycles. The van der Waals surface area contributed by atoms with Crippen LogP contribution >= 0.6 is 11.6 Å². The lowest BCUT2D eigenvalue weighted by Gasteiger charge is -2.14. The molecule has 14 heavy (non-hydrogen) atoms. The molecule has 1 aromatic rings.